The van der Waals surface area contributed by atoms with Crippen LogP contribution in [0.4, 0.5) is 5.69 Å². The van der Waals surface area contributed by atoms with Crippen LogP contribution >= 0.6 is 0 Å². The lowest BCUT2D eigenvalue weighted by Crippen LogP contribution is -2.12. The van der Waals surface area contributed by atoms with Crippen LogP contribution in [-0.2, 0) is 6.42 Å². The summed E-state index contributed by atoms with van der Waals surface area (Å²) in [6, 6.07) is 15.2. The zero-order valence-electron chi connectivity index (χ0n) is 13.4. The lowest BCUT2D eigenvalue weighted by molar-refractivity contribution is 0.414. The summed E-state index contributed by atoms with van der Waals surface area (Å²) in [5.41, 5.74) is 5.26. The number of hydrogen-bond donors (Lipinski definition) is 1. The first kappa shape index (κ1) is 15.4. The molecular weight excluding hydrogens is 258 g/mol. The van der Waals surface area contributed by atoms with Crippen molar-refractivity contribution in [2.75, 3.05) is 12.4 Å². The number of ether oxygens (including phenoxy) is 1. The van der Waals surface area contributed by atoms with Gasteiger partial charge in [-0.3, -0.25) is 0 Å². The van der Waals surface area contributed by atoms with Crippen molar-refractivity contribution >= 4 is 5.69 Å². The summed E-state index contributed by atoms with van der Waals surface area (Å²) in [5.74, 6) is 0.902. The van der Waals surface area contributed by atoms with E-state index in [1.165, 1.54) is 22.4 Å². The average Bonchev–Trinajstić information content (AvgIpc) is 2.53. The van der Waals surface area contributed by atoms with Gasteiger partial charge in [0.05, 0.1) is 13.2 Å². The van der Waals surface area contributed by atoms with Gasteiger partial charge in [-0.1, -0.05) is 44.2 Å². The van der Waals surface area contributed by atoms with E-state index < -0.39 is 0 Å². The van der Waals surface area contributed by atoms with E-state index in [1.807, 2.05) is 12.1 Å². The summed E-state index contributed by atoms with van der Waals surface area (Å²) in [6.45, 7) is 6.59. The van der Waals surface area contributed by atoms with Crippen molar-refractivity contribution in [3.8, 4) is 5.75 Å². The first-order valence-corrected chi connectivity index (χ1v) is 7.68. The Balaban J connectivity index is 2.26. The number of para-hydroxylation sites is 1. The van der Waals surface area contributed by atoms with Crippen LogP contribution in [0.5, 0.6) is 5.75 Å². The molecule has 2 heteroatoms. The molecule has 1 atom stereocenters. The van der Waals surface area contributed by atoms with Gasteiger partial charge < -0.3 is 10.1 Å². The maximum absolute atomic E-state index is 5.24. The van der Waals surface area contributed by atoms with E-state index in [2.05, 4.69) is 56.4 Å². The van der Waals surface area contributed by atoms with Gasteiger partial charge in [0.1, 0.15) is 5.75 Å². The van der Waals surface area contributed by atoms with Gasteiger partial charge in [-0.25, -0.2) is 0 Å². The molecule has 0 radical (unpaired) electrons. The topological polar surface area (TPSA) is 21.3 Å². The highest BCUT2D eigenvalue weighted by atomic mass is 16.5. The van der Waals surface area contributed by atoms with Gasteiger partial charge in [0, 0.05) is 5.69 Å². The molecule has 1 unspecified atom stereocenters. The van der Waals surface area contributed by atoms with Gasteiger partial charge >= 0.3 is 0 Å². The quantitative estimate of drug-likeness (QED) is 0.793. The molecule has 0 aliphatic rings. The Labute approximate surface area is 128 Å². The molecule has 112 valence electrons. The molecule has 0 saturated heterocycles. The van der Waals surface area contributed by atoms with Crippen molar-refractivity contribution in [1.82, 2.24) is 0 Å². The molecular formula is C19H25NO. The highest BCUT2D eigenvalue weighted by Gasteiger charge is 2.12. The van der Waals surface area contributed by atoms with E-state index in [1.54, 1.807) is 7.11 Å². The summed E-state index contributed by atoms with van der Waals surface area (Å²) in [4.78, 5) is 0. The van der Waals surface area contributed by atoms with Crippen LogP contribution in [0.1, 0.15) is 43.0 Å². The lowest BCUT2D eigenvalue weighted by Gasteiger charge is -2.22. The third kappa shape index (κ3) is 3.57. The molecule has 0 aromatic heterocycles. The molecule has 0 aliphatic carbocycles. The number of nitrogens with one attached hydrogen (secondary N) is 1. The highest BCUT2D eigenvalue weighted by molar-refractivity contribution is 5.58. The van der Waals surface area contributed by atoms with E-state index in [0.717, 1.165) is 18.6 Å². The van der Waals surface area contributed by atoms with Crippen molar-refractivity contribution in [3.05, 3.63) is 59.2 Å². The van der Waals surface area contributed by atoms with Gasteiger partial charge in [-0.15, -0.1) is 0 Å². The van der Waals surface area contributed by atoms with Crippen LogP contribution < -0.4 is 10.1 Å². The molecule has 2 aromatic rings. The normalized spacial score (nSPS) is 12.0. The zero-order chi connectivity index (χ0) is 15.2. The predicted molar refractivity (Wildman–Crippen MR) is 90.2 cm³/mol. The van der Waals surface area contributed by atoms with Crippen molar-refractivity contribution in [2.45, 2.75) is 39.7 Å². The van der Waals surface area contributed by atoms with Gasteiger partial charge in [-0.05, 0) is 48.6 Å². The molecule has 21 heavy (non-hydrogen) atoms. The molecule has 0 aliphatic heterocycles. The number of methoxy groups -OCH3 is 1. The van der Waals surface area contributed by atoms with Gasteiger partial charge in [0.2, 0.25) is 0 Å². The first-order chi connectivity index (χ1) is 10.2. The maximum atomic E-state index is 5.24. The molecule has 1 N–H and O–H groups in total. The van der Waals surface area contributed by atoms with E-state index in [-0.39, 0.29) is 0 Å². The molecule has 0 spiro atoms. The Hall–Kier alpha value is -1.96. The van der Waals surface area contributed by atoms with Crippen molar-refractivity contribution in [3.63, 3.8) is 0 Å². The minimum atomic E-state index is 0.322. The number of aryl methyl sites for hydroxylation is 2. The standard InChI is InChI=1S/C19H25NO/c1-5-15-9-7-8-14(3)19(15)20-18(6-2)16-10-12-17(21-4)13-11-16/h7-13,18,20H,5-6H2,1-4H3. The third-order valence-electron chi connectivity index (χ3n) is 3.98. The van der Waals surface area contributed by atoms with Gasteiger partial charge in [-0.2, -0.15) is 0 Å². The van der Waals surface area contributed by atoms with Crippen molar-refractivity contribution in [2.24, 2.45) is 0 Å². The number of rotatable bonds is 6. The van der Waals surface area contributed by atoms with Crippen molar-refractivity contribution < 1.29 is 4.74 Å². The van der Waals surface area contributed by atoms with Crippen LogP contribution in [-0.4, -0.2) is 7.11 Å². The van der Waals surface area contributed by atoms with Crippen LogP contribution in [0.3, 0.4) is 0 Å². The molecule has 0 amide bonds. The average molecular weight is 283 g/mol. The largest absolute Gasteiger partial charge is 0.497 e. The minimum Gasteiger partial charge on any atom is -0.497 e. The monoisotopic (exact) mass is 283 g/mol. The van der Waals surface area contributed by atoms with E-state index in [0.29, 0.717) is 6.04 Å². The fraction of sp³-hybridized carbons (Fsp3) is 0.368. The Morgan fingerprint density at radius 2 is 1.76 bits per heavy atom. The Bertz CT molecular complexity index is 575. The maximum Gasteiger partial charge on any atom is 0.118 e. The summed E-state index contributed by atoms with van der Waals surface area (Å²) in [5, 5.41) is 3.73. The second-order valence-corrected chi connectivity index (χ2v) is 5.34. The SMILES string of the molecule is CCc1cccc(C)c1NC(CC)c1ccc(OC)cc1. The van der Waals surface area contributed by atoms with Gasteiger partial charge in [0.25, 0.3) is 0 Å². The fourth-order valence-corrected chi connectivity index (χ4v) is 2.66. The van der Waals surface area contributed by atoms with Crippen LogP contribution in [0.25, 0.3) is 0 Å². The second kappa shape index (κ2) is 7.16. The molecule has 2 aromatic carbocycles. The molecule has 0 saturated carbocycles. The van der Waals surface area contributed by atoms with Crippen LogP contribution in [0.15, 0.2) is 42.5 Å². The fourth-order valence-electron chi connectivity index (χ4n) is 2.66. The van der Waals surface area contributed by atoms with Gasteiger partial charge in [0.15, 0.2) is 0 Å². The predicted octanol–water partition coefficient (Wildman–Crippen LogP) is 5.13. The van der Waals surface area contributed by atoms with E-state index >= 15 is 0 Å². The Morgan fingerprint density at radius 1 is 1.05 bits per heavy atom. The van der Waals surface area contributed by atoms with Crippen LogP contribution in [0.2, 0.25) is 0 Å². The summed E-state index contributed by atoms with van der Waals surface area (Å²) < 4.78 is 5.24. The number of anilines is 1. The van der Waals surface area contributed by atoms with E-state index in [4.69, 9.17) is 4.74 Å². The molecule has 0 bridgehead atoms. The molecule has 2 rings (SSSR count). The van der Waals surface area contributed by atoms with Crippen molar-refractivity contribution in [1.29, 1.82) is 0 Å². The Morgan fingerprint density at radius 3 is 2.33 bits per heavy atom. The molecule has 2 nitrogen and oxygen atoms in total. The minimum absolute atomic E-state index is 0.322. The summed E-state index contributed by atoms with van der Waals surface area (Å²) in [6.07, 6.45) is 2.09. The first-order valence-electron chi connectivity index (χ1n) is 7.68. The molecule has 0 heterocycles. The lowest BCUT2D eigenvalue weighted by atomic mass is 10.0. The summed E-state index contributed by atoms with van der Waals surface area (Å²) in [7, 11) is 1.70. The van der Waals surface area contributed by atoms with E-state index in [9.17, 15) is 0 Å². The second-order valence-electron chi connectivity index (χ2n) is 5.34. The van der Waals surface area contributed by atoms with Crippen LogP contribution in [0, 0.1) is 6.92 Å². The smallest absolute Gasteiger partial charge is 0.118 e. The molecule has 0 fully saturated rings. The Kier molecular flexibility index (Phi) is 5.26. The third-order valence-corrected chi connectivity index (χ3v) is 3.98. The highest BCUT2D eigenvalue weighted by Crippen LogP contribution is 2.29. The zero-order valence-corrected chi connectivity index (χ0v) is 13.4. The number of hydrogen-bond acceptors (Lipinski definition) is 2. The summed E-state index contributed by atoms with van der Waals surface area (Å²) >= 11 is 0. The number of benzene rings is 2.